The maximum atomic E-state index is 9.07. The summed E-state index contributed by atoms with van der Waals surface area (Å²) in [6.45, 7) is 2.18. The molecule has 0 radical (unpaired) electrons. The van der Waals surface area contributed by atoms with Gasteiger partial charge in [-0.2, -0.15) is 0 Å². The Hall–Kier alpha value is -1.03. The monoisotopic (exact) mass is 354 g/mol. The van der Waals surface area contributed by atoms with Crippen LogP contribution in [0.5, 0.6) is 11.5 Å². The molecule has 0 saturated carbocycles. The fourth-order valence-electron chi connectivity index (χ4n) is 1.86. The number of ether oxygens (including phenoxy) is 1. The number of hydrogen-bond donors (Lipinski definition) is 1. The van der Waals surface area contributed by atoms with Gasteiger partial charge in [0, 0.05) is 16.0 Å². The Kier molecular flexibility index (Phi) is 5.08. The van der Waals surface area contributed by atoms with E-state index in [0.717, 1.165) is 17.1 Å². The lowest BCUT2D eigenvalue weighted by Crippen LogP contribution is -2.14. The van der Waals surface area contributed by atoms with E-state index < -0.39 is 0 Å². The van der Waals surface area contributed by atoms with Crippen molar-refractivity contribution in [3.63, 3.8) is 0 Å². The SMILES string of the molecule is CC(Br)(CCO)c1ccc(Oc2ccc(Cl)cc2)cc1. The first-order valence-electron chi connectivity index (χ1n) is 6.35. The molecule has 4 heteroatoms. The van der Waals surface area contributed by atoms with Crippen LogP contribution >= 0.6 is 27.5 Å². The number of aliphatic hydroxyl groups is 1. The van der Waals surface area contributed by atoms with Crippen molar-refractivity contribution in [3.05, 3.63) is 59.1 Å². The lowest BCUT2D eigenvalue weighted by Gasteiger charge is -2.22. The molecule has 0 bridgehead atoms. The fourth-order valence-corrected chi connectivity index (χ4v) is 2.43. The van der Waals surface area contributed by atoms with Gasteiger partial charge in [-0.15, -0.1) is 0 Å². The molecule has 1 N–H and O–H groups in total. The second kappa shape index (κ2) is 6.61. The number of benzene rings is 2. The van der Waals surface area contributed by atoms with E-state index in [0.29, 0.717) is 11.4 Å². The van der Waals surface area contributed by atoms with Crippen LogP contribution in [0.1, 0.15) is 18.9 Å². The lowest BCUT2D eigenvalue weighted by atomic mass is 9.98. The summed E-state index contributed by atoms with van der Waals surface area (Å²) in [5.74, 6) is 1.52. The van der Waals surface area contributed by atoms with Crippen LogP contribution in [0.4, 0.5) is 0 Å². The van der Waals surface area contributed by atoms with Crippen LogP contribution in [-0.2, 0) is 4.32 Å². The van der Waals surface area contributed by atoms with Crippen LogP contribution in [0.15, 0.2) is 48.5 Å². The normalized spacial score (nSPS) is 13.8. The summed E-state index contributed by atoms with van der Waals surface area (Å²) >= 11 is 9.47. The van der Waals surface area contributed by atoms with E-state index in [9.17, 15) is 0 Å². The largest absolute Gasteiger partial charge is 0.457 e. The van der Waals surface area contributed by atoms with Gasteiger partial charge in [-0.25, -0.2) is 0 Å². The van der Waals surface area contributed by atoms with Crippen LogP contribution in [-0.4, -0.2) is 11.7 Å². The summed E-state index contributed by atoms with van der Waals surface area (Å²) in [5, 5.41) is 9.76. The number of alkyl halides is 1. The van der Waals surface area contributed by atoms with Crippen LogP contribution in [0, 0.1) is 0 Å². The van der Waals surface area contributed by atoms with Gasteiger partial charge in [0.2, 0.25) is 0 Å². The van der Waals surface area contributed by atoms with Gasteiger partial charge in [-0.1, -0.05) is 39.7 Å². The Morgan fingerprint density at radius 1 is 1.05 bits per heavy atom. The summed E-state index contributed by atoms with van der Waals surface area (Å²) in [7, 11) is 0. The van der Waals surface area contributed by atoms with Crippen LogP contribution in [0.3, 0.4) is 0 Å². The van der Waals surface area contributed by atoms with Gasteiger partial charge in [-0.3, -0.25) is 0 Å². The fraction of sp³-hybridized carbons (Fsp3) is 0.250. The molecule has 0 heterocycles. The second-order valence-electron chi connectivity index (χ2n) is 4.75. The van der Waals surface area contributed by atoms with E-state index in [-0.39, 0.29) is 10.9 Å². The van der Waals surface area contributed by atoms with Gasteiger partial charge in [0.15, 0.2) is 0 Å². The van der Waals surface area contributed by atoms with Gasteiger partial charge >= 0.3 is 0 Å². The van der Waals surface area contributed by atoms with Crippen molar-refractivity contribution in [1.82, 2.24) is 0 Å². The van der Waals surface area contributed by atoms with Gasteiger partial charge in [0.25, 0.3) is 0 Å². The molecule has 0 aliphatic carbocycles. The molecule has 106 valence electrons. The third-order valence-corrected chi connectivity index (χ3v) is 4.19. The smallest absolute Gasteiger partial charge is 0.127 e. The molecule has 0 spiro atoms. The molecule has 0 saturated heterocycles. The molecule has 2 aromatic rings. The first kappa shape index (κ1) is 15.4. The summed E-state index contributed by atoms with van der Waals surface area (Å²) in [6.07, 6.45) is 0.657. The molecule has 2 aromatic carbocycles. The van der Waals surface area contributed by atoms with Gasteiger partial charge in [0.1, 0.15) is 11.5 Å². The average molecular weight is 356 g/mol. The Labute approximate surface area is 132 Å². The lowest BCUT2D eigenvalue weighted by molar-refractivity contribution is 0.273. The molecule has 0 aliphatic rings. The topological polar surface area (TPSA) is 29.5 Å². The third-order valence-electron chi connectivity index (χ3n) is 3.09. The Morgan fingerprint density at radius 3 is 2.05 bits per heavy atom. The minimum absolute atomic E-state index is 0.144. The van der Waals surface area contributed by atoms with Crippen molar-refractivity contribution in [2.24, 2.45) is 0 Å². The minimum Gasteiger partial charge on any atom is -0.457 e. The van der Waals surface area contributed by atoms with Gasteiger partial charge < -0.3 is 9.84 Å². The molecule has 0 fully saturated rings. The van der Waals surface area contributed by atoms with Crippen LogP contribution < -0.4 is 4.74 Å². The quantitative estimate of drug-likeness (QED) is 0.754. The van der Waals surface area contributed by atoms with Crippen molar-refractivity contribution in [2.75, 3.05) is 6.61 Å². The van der Waals surface area contributed by atoms with Crippen molar-refractivity contribution >= 4 is 27.5 Å². The summed E-state index contributed by atoms with van der Waals surface area (Å²) in [5.41, 5.74) is 1.11. The van der Waals surface area contributed by atoms with E-state index in [1.807, 2.05) is 43.3 Å². The number of aliphatic hydroxyl groups excluding tert-OH is 1. The molecule has 2 nitrogen and oxygen atoms in total. The van der Waals surface area contributed by atoms with E-state index in [2.05, 4.69) is 15.9 Å². The number of hydrogen-bond acceptors (Lipinski definition) is 2. The van der Waals surface area contributed by atoms with E-state index in [4.69, 9.17) is 21.4 Å². The predicted octanol–water partition coefficient (Wildman–Crippen LogP) is 5.12. The standard InChI is InChI=1S/C16H16BrClO2/c1-16(17,10-11-19)12-2-6-14(7-3-12)20-15-8-4-13(18)5-9-15/h2-9,19H,10-11H2,1H3. The molecule has 1 atom stereocenters. The van der Waals surface area contributed by atoms with E-state index in [1.165, 1.54) is 0 Å². The van der Waals surface area contributed by atoms with Crippen molar-refractivity contribution < 1.29 is 9.84 Å². The zero-order valence-electron chi connectivity index (χ0n) is 11.1. The highest BCUT2D eigenvalue weighted by Crippen LogP contribution is 2.35. The molecule has 0 aliphatic heterocycles. The van der Waals surface area contributed by atoms with Crippen molar-refractivity contribution in [1.29, 1.82) is 0 Å². The zero-order valence-corrected chi connectivity index (χ0v) is 13.5. The highest BCUT2D eigenvalue weighted by molar-refractivity contribution is 9.09. The highest BCUT2D eigenvalue weighted by atomic mass is 79.9. The maximum absolute atomic E-state index is 9.07. The van der Waals surface area contributed by atoms with Gasteiger partial charge in [0.05, 0.1) is 0 Å². The highest BCUT2D eigenvalue weighted by Gasteiger charge is 2.21. The van der Waals surface area contributed by atoms with Crippen LogP contribution in [0.2, 0.25) is 5.02 Å². The first-order valence-corrected chi connectivity index (χ1v) is 7.52. The maximum Gasteiger partial charge on any atom is 0.127 e. The molecule has 0 amide bonds. The Balaban J connectivity index is 2.10. The molecule has 1 unspecified atom stereocenters. The molecule has 20 heavy (non-hydrogen) atoms. The molecule has 0 aromatic heterocycles. The number of halogens is 2. The van der Waals surface area contributed by atoms with E-state index >= 15 is 0 Å². The van der Waals surface area contributed by atoms with E-state index in [1.54, 1.807) is 12.1 Å². The molecular weight excluding hydrogens is 340 g/mol. The summed E-state index contributed by atoms with van der Waals surface area (Å²) in [6, 6.07) is 15.1. The molecular formula is C16H16BrClO2. The van der Waals surface area contributed by atoms with Crippen molar-refractivity contribution in [2.45, 2.75) is 17.7 Å². The Morgan fingerprint density at radius 2 is 1.55 bits per heavy atom. The second-order valence-corrected chi connectivity index (χ2v) is 6.94. The summed E-state index contributed by atoms with van der Waals surface area (Å²) in [4.78, 5) is 0. The third kappa shape index (κ3) is 3.98. The van der Waals surface area contributed by atoms with Gasteiger partial charge in [-0.05, 0) is 55.3 Å². The molecule has 2 rings (SSSR count). The first-order chi connectivity index (χ1) is 9.51. The predicted molar refractivity (Wildman–Crippen MR) is 85.9 cm³/mol. The number of rotatable bonds is 5. The minimum atomic E-state index is -0.222. The average Bonchev–Trinajstić information content (AvgIpc) is 2.42. The zero-order chi connectivity index (χ0) is 14.6. The Bertz CT molecular complexity index is 550. The summed E-state index contributed by atoms with van der Waals surface area (Å²) < 4.78 is 5.52. The van der Waals surface area contributed by atoms with Crippen LogP contribution in [0.25, 0.3) is 0 Å². The van der Waals surface area contributed by atoms with Crippen molar-refractivity contribution in [3.8, 4) is 11.5 Å².